The molecule has 0 saturated carbocycles. The molecule has 4 N–H and O–H groups in total. The molecule has 0 radical (unpaired) electrons. The van der Waals surface area contributed by atoms with Crippen molar-refractivity contribution >= 4 is 21.9 Å². The molecule has 0 aliphatic carbocycles. The molecular formula is C11H14N2O6S. The van der Waals surface area contributed by atoms with E-state index in [1.54, 1.807) is 6.07 Å². The maximum atomic E-state index is 11.8. The van der Waals surface area contributed by atoms with Crippen LogP contribution < -0.4 is 10.0 Å². The number of carboxylic acids is 1. The molecule has 0 heterocycles. The predicted octanol–water partition coefficient (Wildman–Crippen LogP) is -1.47. The van der Waals surface area contributed by atoms with Crippen LogP contribution >= 0.6 is 0 Å². The largest absolute Gasteiger partial charge is 0.480 e. The zero-order valence-electron chi connectivity index (χ0n) is 10.3. The highest BCUT2D eigenvalue weighted by Crippen LogP contribution is 2.06. The van der Waals surface area contributed by atoms with Gasteiger partial charge in [-0.25, -0.2) is 17.9 Å². The van der Waals surface area contributed by atoms with Gasteiger partial charge in [0.25, 0.3) is 0 Å². The van der Waals surface area contributed by atoms with Crippen molar-refractivity contribution in [2.24, 2.45) is 0 Å². The lowest BCUT2D eigenvalue weighted by molar-refractivity contribution is -0.142. The molecule has 0 aliphatic rings. The van der Waals surface area contributed by atoms with Gasteiger partial charge in [0.15, 0.2) is 0 Å². The van der Waals surface area contributed by atoms with Gasteiger partial charge in [0, 0.05) is 0 Å². The molecule has 0 saturated heterocycles. The van der Waals surface area contributed by atoms with Crippen molar-refractivity contribution in [3.05, 3.63) is 30.3 Å². The fourth-order valence-corrected chi connectivity index (χ4v) is 2.28. The molecule has 0 fully saturated rings. The maximum Gasteiger partial charge on any atom is 0.328 e. The first-order valence-corrected chi connectivity index (χ1v) is 7.03. The molecule has 0 aliphatic heterocycles. The van der Waals surface area contributed by atoms with E-state index in [0.29, 0.717) is 0 Å². The summed E-state index contributed by atoms with van der Waals surface area (Å²) >= 11 is 0. The predicted molar refractivity (Wildman–Crippen MR) is 68.3 cm³/mol. The van der Waals surface area contributed by atoms with Crippen molar-refractivity contribution in [3.8, 4) is 0 Å². The Morgan fingerprint density at radius 1 is 1.20 bits per heavy atom. The first-order chi connectivity index (χ1) is 9.36. The van der Waals surface area contributed by atoms with Gasteiger partial charge in [-0.3, -0.25) is 4.79 Å². The van der Waals surface area contributed by atoms with E-state index in [0.717, 1.165) is 0 Å². The second kappa shape index (κ2) is 6.98. The van der Waals surface area contributed by atoms with E-state index < -0.39 is 41.1 Å². The van der Waals surface area contributed by atoms with Crippen molar-refractivity contribution in [2.75, 3.05) is 13.2 Å². The van der Waals surface area contributed by atoms with Gasteiger partial charge in [-0.1, -0.05) is 18.2 Å². The van der Waals surface area contributed by atoms with E-state index in [1.165, 1.54) is 24.3 Å². The maximum absolute atomic E-state index is 11.8. The Morgan fingerprint density at radius 2 is 1.80 bits per heavy atom. The zero-order valence-corrected chi connectivity index (χ0v) is 11.1. The molecule has 0 bridgehead atoms. The first kappa shape index (κ1) is 16.1. The van der Waals surface area contributed by atoms with Crippen molar-refractivity contribution in [3.63, 3.8) is 0 Å². The van der Waals surface area contributed by atoms with Gasteiger partial charge in [-0.05, 0) is 12.1 Å². The number of aliphatic carboxylic acids is 1. The fraction of sp³-hybridized carbons (Fsp3) is 0.273. The minimum absolute atomic E-state index is 0.00950. The van der Waals surface area contributed by atoms with Crippen LogP contribution in [0.3, 0.4) is 0 Å². The van der Waals surface area contributed by atoms with Crippen molar-refractivity contribution in [2.45, 2.75) is 10.9 Å². The smallest absolute Gasteiger partial charge is 0.328 e. The van der Waals surface area contributed by atoms with Gasteiger partial charge in [0.1, 0.15) is 6.04 Å². The van der Waals surface area contributed by atoms with Crippen LogP contribution in [0.5, 0.6) is 0 Å². The average Bonchev–Trinajstić information content (AvgIpc) is 2.43. The summed E-state index contributed by atoms with van der Waals surface area (Å²) < 4.78 is 25.6. The van der Waals surface area contributed by atoms with Gasteiger partial charge in [0.05, 0.1) is 18.0 Å². The molecule has 1 aromatic carbocycles. The quantitative estimate of drug-likeness (QED) is 0.486. The van der Waals surface area contributed by atoms with E-state index in [2.05, 4.69) is 0 Å². The summed E-state index contributed by atoms with van der Waals surface area (Å²) in [5.74, 6) is -2.27. The monoisotopic (exact) mass is 302 g/mol. The standard InChI is InChI=1S/C11H14N2O6S/c14-7-9(11(16)17)13-10(15)6-12-20(18,19)8-4-2-1-3-5-8/h1-5,9,12,14H,6-7H2,(H,13,15)(H,16,17)/t9-/m0/s1. The highest BCUT2D eigenvalue weighted by molar-refractivity contribution is 7.89. The van der Waals surface area contributed by atoms with Crippen molar-refractivity contribution in [1.82, 2.24) is 10.0 Å². The number of carbonyl (C=O) groups excluding carboxylic acids is 1. The Bertz CT molecular complexity index is 572. The second-order valence-corrected chi connectivity index (χ2v) is 5.55. The van der Waals surface area contributed by atoms with Crippen LogP contribution in [-0.2, 0) is 19.6 Å². The summed E-state index contributed by atoms with van der Waals surface area (Å²) in [6.07, 6.45) is 0. The third kappa shape index (κ3) is 4.61. The Labute approximate surface area is 115 Å². The Kier molecular flexibility index (Phi) is 5.62. The number of amides is 1. The highest BCUT2D eigenvalue weighted by atomic mass is 32.2. The molecule has 110 valence electrons. The first-order valence-electron chi connectivity index (χ1n) is 5.54. The van der Waals surface area contributed by atoms with Crippen LogP contribution in [0.1, 0.15) is 0 Å². The highest BCUT2D eigenvalue weighted by Gasteiger charge is 2.20. The average molecular weight is 302 g/mol. The Balaban J connectivity index is 2.59. The number of aliphatic hydroxyl groups excluding tert-OH is 1. The summed E-state index contributed by atoms with van der Waals surface area (Å²) in [6, 6.07) is 5.94. The second-order valence-electron chi connectivity index (χ2n) is 3.78. The minimum atomic E-state index is -3.84. The van der Waals surface area contributed by atoms with Crippen LogP contribution in [-0.4, -0.2) is 49.7 Å². The summed E-state index contributed by atoms with van der Waals surface area (Å²) in [4.78, 5) is 21.9. The molecule has 1 amide bonds. The Hall–Kier alpha value is -1.97. The molecule has 0 unspecified atom stereocenters. The number of rotatable bonds is 7. The van der Waals surface area contributed by atoms with Crippen LogP contribution in [0.25, 0.3) is 0 Å². The number of aliphatic hydroxyl groups is 1. The summed E-state index contributed by atoms with van der Waals surface area (Å²) in [7, 11) is -3.84. The molecule has 0 aromatic heterocycles. The number of hydrogen-bond donors (Lipinski definition) is 4. The molecule has 9 heteroatoms. The third-order valence-corrected chi connectivity index (χ3v) is 3.71. The molecular weight excluding hydrogens is 288 g/mol. The molecule has 1 rings (SSSR count). The normalized spacial score (nSPS) is 12.7. The summed E-state index contributed by atoms with van der Waals surface area (Å²) in [5.41, 5.74) is 0. The number of hydrogen-bond acceptors (Lipinski definition) is 5. The molecule has 0 spiro atoms. The molecule has 1 atom stereocenters. The van der Waals surface area contributed by atoms with E-state index in [4.69, 9.17) is 10.2 Å². The summed E-state index contributed by atoms with van der Waals surface area (Å²) in [6.45, 7) is -1.41. The van der Waals surface area contributed by atoms with Crippen molar-refractivity contribution in [1.29, 1.82) is 0 Å². The van der Waals surface area contributed by atoms with E-state index in [9.17, 15) is 18.0 Å². The van der Waals surface area contributed by atoms with E-state index in [1.807, 2.05) is 10.0 Å². The van der Waals surface area contributed by atoms with Gasteiger partial charge in [0.2, 0.25) is 15.9 Å². The topological polar surface area (TPSA) is 133 Å². The molecule has 20 heavy (non-hydrogen) atoms. The van der Waals surface area contributed by atoms with E-state index >= 15 is 0 Å². The van der Waals surface area contributed by atoms with Gasteiger partial charge in [-0.15, -0.1) is 0 Å². The van der Waals surface area contributed by atoms with Crippen LogP contribution in [0.4, 0.5) is 0 Å². The number of nitrogens with one attached hydrogen (secondary N) is 2. The van der Waals surface area contributed by atoms with Crippen molar-refractivity contribution < 1.29 is 28.2 Å². The number of benzene rings is 1. The number of carboxylic acid groups (broad SMARTS) is 1. The van der Waals surface area contributed by atoms with Gasteiger partial charge >= 0.3 is 5.97 Å². The SMILES string of the molecule is O=C(CNS(=O)(=O)c1ccccc1)N[C@@H](CO)C(=O)O. The van der Waals surface area contributed by atoms with Crippen LogP contribution in [0.2, 0.25) is 0 Å². The van der Waals surface area contributed by atoms with Crippen LogP contribution in [0.15, 0.2) is 35.2 Å². The lowest BCUT2D eigenvalue weighted by atomic mass is 10.3. The number of sulfonamides is 1. The molecule has 1 aromatic rings. The number of carbonyl (C=O) groups is 2. The third-order valence-electron chi connectivity index (χ3n) is 2.29. The summed E-state index contributed by atoms with van der Waals surface area (Å²) in [5, 5.41) is 19.3. The molecule has 8 nitrogen and oxygen atoms in total. The Morgan fingerprint density at radius 3 is 2.30 bits per heavy atom. The minimum Gasteiger partial charge on any atom is -0.480 e. The fourth-order valence-electron chi connectivity index (χ4n) is 1.27. The van der Waals surface area contributed by atoms with Crippen LogP contribution in [0, 0.1) is 0 Å². The van der Waals surface area contributed by atoms with Gasteiger partial charge < -0.3 is 15.5 Å². The zero-order chi connectivity index (χ0) is 15.2. The van der Waals surface area contributed by atoms with E-state index in [-0.39, 0.29) is 4.90 Å². The van der Waals surface area contributed by atoms with Gasteiger partial charge in [-0.2, -0.15) is 0 Å². The lowest BCUT2D eigenvalue weighted by Gasteiger charge is -2.12. The lowest BCUT2D eigenvalue weighted by Crippen LogP contribution is -2.47.